The summed E-state index contributed by atoms with van der Waals surface area (Å²) in [7, 11) is 0. The Hall–Kier alpha value is -1.35. The highest BCUT2D eigenvalue weighted by molar-refractivity contribution is 5.76. The van der Waals surface area contributed by atoms with Gasteiger partial charge in [0.05, 0.1) is 11.0 Å². The zero-order valence-electron chi connectivity index (χ0n) is 12.6. The number of para-hydroxylation sites is 2. The minimum absolute atomic E-state index is 0.619. The molecule has 1 aromatic heterocycles. The first-order valence-corrected chi connectivity index (χ1v) is 8.02. The molecular weight excluding hydrogens is 246 g/mol. The fraction of sp³-hybridized carbons (Fsp3) is 0.588. The summed E-state index contributed by atoms with van der Waals surface area (Å²) in [5.74, 6) is 1.27. The largest absolute Gasteiger partial charge is 0.325 e. The van der Waals surface area contributed by atoms with Gasteiger partial charge in [-0.2, -0.15) is 0 Å². The molecule has 0 spiro atoms. The lowest BCUT2D eigenvalue weighted by Crippen LogP contribution is -2.26. The number of rotatable bonds is 5. The average Bonchev–Trinajstić information content (AvgIpc) is 3.03. The molecule has 0 bridgehead atoms. The number of imidazole rings is 1. The van der Waals surface area contributed by atoms with Crippen molar-refractivity contribution < 1.29 is 0 Å². The van der Waals surface area contributed by atoms with Crippen LogP contribution in [0.3, 0.4) is 0 Å². The molecule has 3 heteroatoms. The summed E-state index contributed by atoms with van der Waals surface area (Å²) in [4.78, 5) is 4.86. The number of nitrogens with one attached hydrogen (secondary N) is 1. The van der Waals surface area contributed by atoms with Gasteiger partial charge in [0.15, 0.2) is 0 Å². The van der Waals surface area contributed by atoms with Crippen molar-refractivity contribution >= 4 is 11.0 Å². The summed E-state index contributed by atoms with van der Waals surface area (Å²) >= 11 is 0. The molecule has 1 saturated carbocycles. The molecule has 3 rings (SSSR count). The standard InChI is InChI=1S/C17H25N3/c1-3-7-17-19-15-8-5-6-9-16(15)20(17)14-11-10-13(12-14)18-4-2/h5-6,8-9,13-14,18H,3-4,7,10-12H2,1-2H3. The van der Waals surface area contributed by atoms with Crippen LogP contribution in [0, 0.1) is 0 Å². The van der Waals surface area contributed by atoms with Crippen molar-refractivity contribution in [1.29, 1.82) is 0 Å². The summed E-state index contributed by atoms with van der Waals surface area (Å²) in [6.45, 7) is 5.51. The minimum Gasteiger partial charge on any atom is -0.325 e. The smallest absolute Gasteiger partial charge is 0.110 e. The van der Waals surface area contributed by atoms with Gasteiger partial charge in [-0.1, -0.05) is 26.0 Å². The topological polar surface area (TPSA) is 29.9 Å². The SMILES string of the molecule is CCCc1nc2ccccc2n1C1CCC(NCC)C1. The van der Waals surface area contributed by atoms with E-state index in [9.17, 15) is 0 Å². The van der Waals surface area contributed by atoms with Crippen molar-refractivity contribution in [3.63, 3.8) is 0 Å². The molecule has 20 heavy (non-hydrogen) atoms. The second-order valence-electron chi connectivity index (χ2n) is 5.86. The predicted molar refractivity (Wildman–Crippen MR) is 84.1 cm³/mol. The van der Waals surface area contributed by atoms with Crippen LogP contribution in [0.4, 0.5) is 0 Å². The maximum Gasteiger partial charge on any atom is 0.110 e. The molecule has 108 valence electrons. The molecule has 2 unspecified atom stereocenters. The maximum absolute atomic E-state index is 4.86. The zero-order valence-corrected chi connectivity index (χ0v) is 12.6. The van der Waals surface area contributed by atoms with Crippen LogP contribution >= 0.6 is 0 Å². The van der Waals surface area contributed by atoms with E-state index in [4.69, 9.17) is 4.98 Å². The Morgan fingerprint density at radius 3 is 2.90 bits per heavy atom. The summed E-state index contributed by atoms with van der Waals surface area (Å²) in [5, 5.41) is 3.60. The third-order valence-electron chi connectivity index (χ3n) is 4.41. The molecule has 2 atom stereocenters. The Labute approximate surface area is 121 Å². The summed E-state index contributed by atoms with van der Waals surface area (Å²) in [5.41, 5.74) is 2.47. The van der Waals surface area contributed by atoms with Gasteiger partial charge in [-0.05, 0) is 44.4 Å². The molecule has 1 fully saturated rings. The second kappa shape index (κ2) is 5.96. The Bertz CT molecular complexity index is 573. The summed E-state index contributed by atoms with van der Waals surface area (Å²) in [6.07, 6.45) is 6.04. The van der Waals surface area contributed by atoms with Crippen LogP contribution in [0.2, 0.25) is 0 Å². The molecule has 1 aliphatic rings. The molecule has 1 heterocycles. The quantitative estimate of drug-likeness (QED) is 0.898. The molecule has 3 nitrogen and oxygen atoms in total. The van der Waals surface area contributed by atoms with Crippen molar-refractivity contribution in [1.82, 2.24) is 14.9 Å². The molecule has 0 saturated heterocycles. The van der Waals surface area contributed by atoms with E-state index in [2.05, 4.69) is 48.0 Å². The van der Waals surface area contributed by atoms with E-state index >= 15 is 0 Å². The van der Waals surface area contributed by atoms with Crippen molar-refractivity contribution in [2.75, 3.05) is 6.54 Å². The van der Waals surface area contributed by atoms with Crippen molar-refractivity contribution in [3.05, 3.63) is 30.1 Å². The van der Waals surface area contributed by atoms with E-state index in [-0.39, 0.29) is 0 Å². The fourth-order valence-electron chi connectivity index (χ4n) is 3.57. The number of nitrogens with zero attached hydrogens (tertiary/aromatic N) is 2. The highest BCUT2D eigenvalue weighted by Gasteiger charge is 2.27. The fourth-order valence-corrected chi connectivity index (χ4v) is 3.57. The van der Waals surface area contributed by atoms with Crippen LogP contribution in [-0.2, 0) is 6.42 Å². The summed E-state index contributed by atoms with van der Waals surface area (Å²) in [6, 6.07) is 9.89. The highest BCUT2D eigenvalue weighted by atomic mass is 15.1. The lowest BCUT2D eigenvalue weighted by atomic mass is 10.2. The molecule has 0 amide bonds. The van der Waals surface area contributed by atoms with Gasteiger partial charge >= 0.3 is 0 Å². The Morgan fingerprint density at radius 2 is 2.10 bits per heavy atom. The van der Waals surface area contributed by atoms with Gasteiger partial charge in [0.2, 0.25) is 0 Å². The number of aryl methyl sites for hydroxylation is 1. The highest BCUT2D eigenvalue weighted by Crippen LogP contribution is 2.34. The molecule has 0 radical (unpaired) electrons. The van der Waals surface area contributed by atoms with E-state index in [0.29, 0.717) is 12.1 Å². The van der Waals surface area contributed by atoms with Crippen LogP contribution in [-0.4, -0.2) is 22.1 Å². The average molecular weight is 271 g/mol. The van der Waals surface area contributed by atoms with Gasteiger partial charge in [-0.15, -0.1) is 0 Å². The number of fused-ring (bicyclic) bond motifs is 1. The normalized spacial score (nSPS) is 22.7. The minimum atomic E-state index is 0.619. The second-order valence-corrected chi connectivity index (χ2v) is 5.86. The Balaban J connectivity index is 1.95. The van der Waals surface area contributed by atoms with Crippen LogP contribution in [0.1, 0.15) is 51.4 Å². The van der Waals surface area contributed by atoms with Crippen molar-refractivity contribution in [2.24, 2.45) is 0 Å². The number of benzene rings is 1. The first kappa shape index (κ1) is 13.6. The monoisotopic (exact) mass is 271 g/mol. The lowest BCUT2D eigenvalue weighted by Gasteiger charge is -2.17. The van der Waals surface area contributed by atoms with Crippen LogP contribution < -0.4 is 5.32 Å². The van der Waals surface area contributed by atoms with Crippen LogP contribution in [0.5, 0.6) is 0 Å². The van der Waals surface area contributed by atoms with Gasteiger partial charge < -0.3 is 9.88 Å². The maximum atomic E-state index is 4.86. The zero-order chi connectivity index (χ0) is 13.9. The van der Waals surface area contributed by atoms with Crippen molar-refractivity contribution in [3.8, 4) is 0 Å². The number of hydrogen-bond acceptors (Lipinski definition) is 2. The van der Waals surface area contributed by atoms with E-state index in [1.165, 1.54) is 30.6 Å². The number of hydrogen-bond donors (Lipinski definition) is 1. The van der Waals surface area contributed by atoms with E-state index in [1.54, 1.807) is 0 Å². The molecular formula is C17H25N3. The van der Waals surface area contributed by atoms with Gasteiger partial charge in [-0.3, -0.25) is 0 Å². The molecule has 1 N–H and O–H groups in total. The first-order valence-electron chi connectivity index (χ1n) is 8.02. The van der Waals surface area contributed by atoms with Gasteiger partial charge in [0.1, 0.15) is 5.82 Å². The summed E-state index contributed by atoms with van der Waals surface area (Å²) < 4.78 is 2.52. The predicted octanol–water partition coefficient (Wildman–Crippen LogP) is 3.69. The lowest BCUT2D eigenvalue weighted by molar-refractivity contribution is 0.476. The Kier molecular flexibility index (Phi) is 4.06. The van der Waals surface area contributed by atoms with Crippen LogP contribution in [0.25, 0.3) is 11.0 Å². The first-order chi connectivity index (χ1) is 9.83. The van der Waals surface area contributed by atoms with Gasteiger partial charge in [0, 0.05) is 18.5 Å². The van der Waals surface area contributed by atoms with E-state index < -0.39 is 0 Å². The molecule has 1 aliphatic carbocycles. The van der Waals surface area contributed by atoms with Crippen LogP contribution in [0.15, 0.2) is 24.3 Å². The number of aromatic nitrogens is 2. The third kappa shape index (κ3) is 2.47. The van der Waals surface area contributed by atoms with Gasteiger partial charge in [-0.25, -0.2) is 4.98 Å². The molecule has 0 aliphatic heterocycles. The van der Waals surface area contributed by atoms with Gasteiger partial charge in [0.25, 0.3) is 0 Å². The molecule has 2 aromatic rings. The van der Waals surface area contributed by atoms with E-state index in [0.717, 1.165) is 24.9 Å². The third-order valence-corrected chi connectivity index (χ3v) is 4.41. The van der Waals surface area contributed by atoms with E-state index in [1.807, 2.05) is 0 Å². The van der Waals surface area contributed by atoms with Crippen molar-refractivity contribution in [2.45, 2.75) is 58.0 Å². The molecule has 1 aromatic carbocycles. The Morgan fingerprint density at radius 1 is 1.25 bits per heavy atom.